The lowest BCUT2D eigenvalue weighted by atomic mass is 9.75. The summed E-state index contributed by atoms with van der Waals surface area (Å²) in [7, 11) is 0. The number of nitrogens with zero attached hydrogens (tertiary/aromatic N) is 3. The first-order chi connectivity index (χ1) is 10.6. The van der Waals surface area contributed by atoms with Gasteiger partial charge in [0.15, 0.2) is 0 Å². The molecule has 2 amide bonds. The second kappa shape index (κ2) is 6.19. The maximum Gasteiger partial charge on any atom is 0.230 e. The molecule has 124 valence electrons. The van der Waals surface area contributed by atoms with Gasteiger partial charge in [0.2, 0.25) is 11.8 Å². The second-order valence-electron chi connectivity index (χ2n) is 7.09. The zero-order chi connectivity index (χ0) is 15.7. The predicted molar refractivity (Wildman–Crippen MR) is 85.4 cm³/mol. The molecule has 0 saturated carbocycles. The molecule has 2 atom stereocenters. The number of hydrogen-bond acceptors (Lipinski definition) is 3. The average Bonchev–Trinajstić information content (AvgIpc) is 3.11. The number of carbonyl (C=O) groups is 2. The molecule has 0 aromatic rings. The van der Waals surface area contributed by atoms with Crippen LogP contribution in [0.25, 0.3) is 0 Å². The molecule has 3 aliphatic heterocycles. The summed E-state index contributed by atoms with van der Waals surface area (Å²) >= 11 is 0. The van der Waals surface area contributed by atoms with Crippen molar-refractivity contribution in [2.45, 2.75) is 52.0 Å². The standard InChI is InChI=1S/C17H29N3O2/c1-3-18-12-7-17(16(22)20-9-4-5-10-20)8-13-19(14(2)21)11-6-15(17)18/h15H,3-13H2,1-2H3/t15-,17-/m1/s1. The Kier molecular flexibility index (Phi) is 4.44. The van der Waals surface area contributed by atoms with E-state index in [2.05, 4.69) is 16.7 Å². The van der Waals surface area contributed by atoms with Gasteiger partial charge in [-0.1, -0.05) is 6.92 Å². The largest absolute Gasteiger partial charge is 0.343 e. The second-order valence-corrected chi connectivity index (χ2v) is 7.09. The first-order valence-electron chi connectivity index (χ1n) is 8.87. The van der Waals surface area contributed by atoms with Crippen LogP contribution >= 0.6 is 0 Å². The fourth-order valence-corrected chi connectivity index (χ4v) is 4.77. The Hall–Kier alpha value is -1.10. The van der Waals surface area contributed by atoms with Crippen molar-refractivity contribution < 1.29 is 9.59 Å². The molecular weight excluding hydrogens is 278 g/mol. The van der Waals surface area contributed by atoms with E-state index < -0.39 is 0 Å². The van der Waals surface area contributed by atoms with Crippen LogP contribution in [0.15, 0.2) is 0 Å². The monoisotopic (exact) mass is 307 g/mol. The molecular formula is C17H29N3O2. The summed E-state index contributed by atoms with van der Waals surface area (Å²) in [5, 5.41) is 0. The molecule has 0 aliphatic carbocycles. The number of rotatable bonds is 2. The Morgan fingerprint density at radius 2 is 1.68 bits per heavy atom. The highest BCUT2D eigenvalue weighted by Gasteiger charge is 2.54. The summed E-state index contributed by atoms with van der Waals surface area (Å²) in [6.45, 7) is 9.25. The molecule has 3 heterocycles. The molecule has 22 heavy (non-hydrogen) atoms. The zero-order valence-electron chi connectivity index (χ0n) is 14.0. The third-order valence-corrected chi connectivity index (χ3v) is 6.09. The molecule has 5 heteroatoms. The van der Waals surface area contributed by atoms with Crippen molar-refractivity contribution in [1.82, 2.24) is 14.7 Å². The van der Waals surface area contributed by atoms with Crippen molar-refractivity contribution in [3.63, 3.8) is 0 Å². The summed E-state index contributed by atoms with van der Waals surface area (Å²) in [5.74, 6) is 0.517. The quantitative estimate of drug-likeness (QED) is 0.773. The molecule has 5 nitrogen and oxygen atoms in total. The summed E-state index contributed by atoms with van der Waals surface area (Å²) in [5.41, 5.74) is -0.245. The van der Waals surface area contributed by atoms with Gasteiger partial charge in [-0.15, -0.1) is 0 Å². The first-order valence-corrected chi connectivity index (χ1v) is 8.87. The molecule has 0 radical (unpaired) electrons. The molecule has 3 rings (SSSR count). The van der Waals surface area contributed by atoms with Crippen LogP contribution in [-0.2, 0) is 9.59 Å². The van der Waals surface area contributed by atoms with Crippen LogP contribution in [-0.4, -0.2) is 71.8 Å². The zero-order valence-corrected chi connectivity index (χ0v) is 14.0. The van der Waals surface area contributed by atoms with Gasteiger partial charge in [-0.3, -0.25) is 14.5 Å². The van der Waals surface area contributed by atoms with Crippen LogP contribution < -0.4 is 0 Å². The summed E-state index contributed by atoms with van der Waals surface area (Å²) in [6, 6.07) is 0.315. The molecule has 0 unspecified atom stereocenters. The topological polar surface area (TPSA) is 43.9 Å². The highest BCUT2D eigenvalue weighted by Crippen LogP contribution is 2.45. The minimum Gasteiger partial charge on any atom is -0.343 e. The van der Waals surface area contributed by atoms with Gasteiger partial charge in [0.1, 0.15) is 0 Å². The fraction of sp³-hybridized carbons (Fsp3) is 0.882. The lowest BCUT2D eigenvalue weighted by Gasteiger charge is -2.38. The molecule has 0 spiro atoms. The van der Waals surface area contributed by atoms with E-state index in [9.17, 15) is 9.59 Å². The van der Waals surface area contributed by atoms with E-state index >= 15 is 0 Å². The molecule has 0 aromatic carbocycles. The van der Waals surface area contributed by atoms with Gasteiger partial charge in [0.25, 0.3) is 0 Å². The molecule has 3 aliphatic rings. The summed E-state index contributed by atoms with van der Waals surface area (Å²) < 4.78 is 0. The third-order valence-electron chi connectivity index (χ3n) is 6.09. The van der Waals surface area contributed by atoms with Crippen LogP contribution in [0.3, 0.4) is 0 Å². The molecule has 0 bridgehead atoms. The van der Waals surface area contributed by atoms with E-state index in [1.807, 2.05) is 4.90 Å². The van der Waals surface area contributed by atoms with E-state index in [4.69, 9.17) is 0 Å². The summed E-state index contributed by atoms with van der Waals surface area (Å²) in [4.78, 5) is 31.6. The fourth-order valence-electron chi connectivity index (χ4n) is 4.77. The average molecular weight is 307 g/mol. The normalized spacial score (nSPS) is 32.9. The van der Waals surface area contributed by atoms with Crippen molar-refractivity contribution in [3.8, 4) is 0 Å². The van der Waals surface area contributed by atoms with Crippen molar-refractivity contribution >= 4 is 11.8 Å². The molecule has 0 N–H and O–H groups in total. The van der Waals surface area contributed by atoms with Gasteiger partial charge in [0, 0.05) is 39.1 Å². The Morgan fingerprint density at radius 3 is 2.32 bits per heavy atom. The minimum atomic E-state index is -0.245. The Balaban J connectivity index is 1.86. The van der Waals surface area contributed by atoms with E-state index in [0.29, 0.717) is 11.9 Å². The highest BCUT2D eigenvalue weighted by molar-refractivity contribution is 5.84. The Morgan fingerprint density at radius 1 is 1.00 bits per heavy atom. The van der Waals surface area contributed by atoms with Crippen molar-refractivity contribution in [2.75, 3.05) is 39.3 Å². The van der Waals surface area contributed by atoms with Crippen LogP contribution in [0.5, 0.6) is 0 Å². The summed E-state index contributed by atoms with van der Waals surface area (Å²) in [6.07, 6.45) is 5.02. The molecule has 3 fully saturated rings. The van der Waals surface area contributed by atoms with Crippen LogP contribution in [0.2, 0.25) is 0 Å². The maximum absolute atomic E-state index is 13.3. The minimum absolute atomic E-state index is 0.145. The molecule has 3 saturated heterocycles. The van der Waals surface area contributed by atoms with E-state index in [-0.39, 0.29) is 11.3 Å². The lowest BCUT2D eigenvalue weighted by molar-refractivity contribution is -0.143. The van der Waals surface area contributed by atoms with Crippen molar-refractivity contribution in [2.24, 2.45) is 5.41 Å². The number of carbonyl (C=O) groups excluding carboxylic acids is 2. The molecule has 0 aromatic heterocycles. The van der Waals surface area contributed by atoms with E-state index in [1.165, 1.54) is 0 Å². The van der Waals surface area contributed by atoms with Gasteiger partial charge in [-0.25, -0.2) is 0 Å². The number of amides is 2. The maximum atomic E-state index is 13.3. The number of fused-ring (bicyclic) bond motifs is 1. The van der Waals surface area contributed by atoms with Crippen LogP contribution in [0.4, 0.5) is 0 Å². The third kappa shape index (κ3) is 2.53. The van der Waals surface area contributed by atoms with Crippen molar-refractivity contribution in [3.05, 3.63) is 0 Å². The Bertz CT molecular complexity index is 447. The number of likely N-dealkylation sites (tertiary alicyclic amines) is 3. The SMILES string of the molecule is CCN1CC[C@@]2(C(=O)N3CCCC3)CCN(C(C)=O)CC[C@@H]12. The predicted octanol–water partition coefficient (Wildman–Crippen LogP) is 1.33. The first kappa shape index (κ1) is 15.8. The highest BCUT2D eigenvalue weighted by atomic mass is 16.2. The van der Waals surface area contributed by atoms with Gasteiger partial charge < -0.3 is 9.80 Å². The van der Waals surface area contributed by atoms with Gasteiger partial charge in [-0.2, -0.15) is 0 Å². The van der Waals surface area contributed by atoms with Gasteiger partial charge in [-0.05, 0) is 45.2 Å². The Labute approximate surface area is 133 Å². The van der Waals surface area contributed by atoms with Crippen LogP contribution in [0.1, 0.15) is 46.0 Å². The van der Waals surface area contributed by atoms with Gasteiger partial charge in [0.05, 0.1) is 5.41 Å². The lowest BCUT2D eigenvalue weighted by Crippen LogP contribution is -2.50. The van der Waals surface area contributed by atoms with Crippen molar-refractivity contribution in [1.29, 1.82) is 0 Å². The van der Waals surface area contributed by atoms with Crippen LogP contribution in [0, 0.1) is 5.41 Å². The van der Waals surface area contributed by atoms with E-state index in [0.717, 1.165) is 71.4 Å². The smallest absolute Gasteiger partial charge is 0.230 e. The van der Waals surface area contributed by atoms with E-state index in [1.54, 1.807) is 6.92 Å². The van der Waals surface area contributed by atoms with Gasteiger partial charge >= 0.3 is 0 Å². The number of hydrogen-bond donors (Lipinski definition) is 0.